The second-order valence-corrected chi connectivity index (χ2v) is 11.2. The molecule has 2 N–H and O–H groups in total. The lowest BCUT2D eigenvalue weighted by Crippen LogP contribution is -2.11. The van der Waals surface area contributed by atoms with Crippen LogP contribution in [-0.2, 0) is 28.9 Å². The molecule has 5 rings (SSSR count). The minimum absolute atomic E-state index is 0.0797. The molecule has 10 heteroatoms. The van der Waals surface area contributed by atoms with E-state index in [1.165, 1.54) is 5.56 Å². The van der Waals surface area contributed by atoms with Crippen LogP contribution in [0.25, 0.3) is 11.0 Å². The van der Waals surface area contributed by atoms with Gasteiger partial charge in [0.15, 0.2) is 5.16 Å². The van der Waals surface area contributed by atoms with Gasteiger partial charge < -0.3 is 9.13 Å². The van der Waals surface area contributed by atoms with Crippen molar-refractivity contribution >= 4 is 32.8 Å². The molecule has 8 nitrogen and oxygen atoms in total. The first-order valence-corrected chi connectivity index (χ1v) is 14.1. The van der Waals surface area contributed by atoms with Crippen LogP contribution in [0.1, 0.15) is 55.7 Å². The molecule has 1 fully saturated rings. The SMILES string of the molecule is CCCCn1c(CSc2nnc(C3CC3)n2Cc2ccccc2)nc2cc(S(N)(=O)=O)ccc21. The van der Waals surface area contributed by atoms with Gasteiger partial charge >= 0.3 is 0 Å². The zero-order chi connectivity index (χ0) is 23.7. The largest absolute Gasteiger partial charge is 0.327 e. The van der Waals surface area contributed by atoms with Crippen LogP contribution in [0.4, 0.5) is 0 Å². The van der Waals surface area contributed by atoms with Gasteiger partial charge in [0.05, 0.1) is 28.2 Å². The highest BCUT2D eigenvalue weighted by molar-refractivity contribution is 7.98. The van der Waals surface area contributed by atoms with Gasteiger partial charge in [-0.05, 0) is 43.0 Å². The number of unbranched alkanes of at least 4 members (excludes halogenated alkanes) is 1. The van der Waals surface area contributed by atoms with Crippen molar-refractivity contribution in [3.63, 3.8) is 0 Å². The van der Waals surface area contributed by atoms with Crippen LogP contribution in [0.3, 0.4) is 0 Å². The number of thioether (sulfide) groups is 1. The molecule has 1 aliphatic carbocycles. The summed E-state index contributed by atoms with van der Waals surface area (Å²) in [6.45, 7) is 3.71. The van der Waals surface area contributed by atoms with Crippen molar-refractivity contribution in [2.45, 2.75) is 67.4 Å². The third kappa shape index (κ3) is 4.89. The topological polar surface area (TPSA) is 109 Å². The van der Waals surface area contributed by atoms with Crippen LogP contribution < -0.4 is 5.14 Å². The number of aromatic nitrogens is 5. The number of fused-ring (bicyclic) bond motifs is 1. The van der Waals surface area contributed by atoms with Gasteiger partial charge in [-0.3, -0.25) is 0 Å². The number of imidazole rings is 1. The number of aryl methyl sites for hydroxylation is 1. The second kappa shape index (κ2) is 9.52. The molecule has 0 spiro atoms. The van der Waals surface area contributed by atoms with E-state index in [0.717, 1.165) is 61.1 Å². The molecule has 1 aliphatic rings. The van der Waals surface area contributed by atoms with E-state index in [9.17, 15) is 8.42 Å². The summed E-state index contributed by atoms with van der Waals surface area (Å²) in [5.41, 5.74) is 2.78. The van der Waals surface area contributed by atoms with E-state index in [-0.39, 0.29) is 4.90 Å². The number of nitrogens with two attached hydrogens (primary N) is 1. The highest BCUT2D eigenvalue weighted by Gasteiger charge is 2.30. The smallest absolute Gasteiger partial charge is 0.238 e. The Morgan fingerprint density at radius 3 is 2.59 bits per heavy atom. The van der Waals surface area contributed by atoms with Crippen molar-refractivity contribution in [2.75, 3.05) is 0 Å². The molecule has 2 heterocycles. The van der Waals surface area contributed by atoms with Gasteiger partial charge in [0, 0.05) is 12.5 Å². The summed E-state index contributed by atoms with van der Waals surface area (Å²) in [5, 5.41) is 15.3. The molecule has 2 aromatic carbocycles. The molecule has 178 valence electrons. The number of rotatable bonds is 10. The van der Waals surface area contributed by atoms with Gasteiger partial charge in [-0.15, -0.1) is 10.2 Å². The van der Waals surface area contributed by atoms with Crippen molar-refractivity contribution in [1.82, 2.24) is 24.3 Å². The lowest BCUT2D eigenvalue weighted by Gasteiger charge is -2.11. The summed E-state index contributed by atoms with van der Waals surface area (Å²) in [7, 11) is -3.78. The van der Waals surface area contributed by atoms with E-state index < -0.39 is 10.0 Å². The van der Waals surface area contributed by atoms with Crippen LogP contribution in [0.5, 0.6) is 0 Å². The summed E-state index contributed by atoms with van der Waals surface area (Å²) >= 11 is 1.62. The third-order valence-electron chi connectivity index (χ3n) is 6.06. The molecule has 0 bridgehead atoms. The van der Waals surface area contributed by atoms with Crippen molar-refractivity contribution in [1.29, 1.82) is 0 Å². The van der Waals surface area contributed by atoms with E-state index >= 15 is 0 Å². The molecule has 1 saturated carbocycles. The number of primary sulfonamides is 1. The Hall–Kier alpha value is -2.69. The molecule has 0 unspecified atom stereocenters. The maximum atomic E-state index is 11.8. The van der Waals surface area contributed by atoms with Crippen molar-refractivity contribution in [2.24, 2.45) is 5.14 Å². The fraction of sp³-hybridized carbons (Fsp3) is 0.375. The first-order valence-electron chi connectivity index (χ1n) is 11.6. The van der Waals surface area contributed by atoms with Crippen molar-refractivity contribution < 1.29 is 8.42 Å². The zero-order valence-electron chi connectivity index (χ0n) is 19.1. The maximum absolute atomic E-state index is 11.8. The van der Waals surface area contributed by atoms with E-state index in [0.29, 0.717) is 17.2 Å². The molecule has 0 atom stereocenters. The molecule has 2 aromatic heterocycles. The zero-order valence-corrected chi connectivity index (χ0v) is 20.7. The highest BCUT2D eigenvalue weighted by Crippen LogP contribution is 2.40. The summed E-state index contributed by atoms with van der Waals surface area (Å²) in [4.78, 5) is 4.87. The first-order chi connectivity index (χ1) is 16.4. The predicted octanol–water partition coefficient (Wildman–Crippen LogP) is 4.29. The lowest BCUT2D eigenvalue weighted by atomic mass is 10.2. The van der Waals surface area contributed by atoms with Crippen LogP contribution >= 0.6 is 11.8 Å². The molecular formula is C24H28N6O2S2. The third-order valence-corrected chi connectivity index (χ3v) is 7.94. The van der Waals surface area contributed by atoms with Gasteiger partial charge in [0.2, 0.25) is 10.0 Å². The molecule has 0 aliphatic heterocycles. The van der Waals surface area contributed by atoms with Gasteiger partial charge in [-0.2, -0.15) is 0 Å². The molecule has 0 saturated heterocycles. The maximum Gasteiger partial charge on any atom is 0.238 e. The Bertz CT molecular complexity index is 1410. The van der Waals surface area contributed by atoms with Crippen LogP contribution in [0, 0.1) is 0 Å². The Kier molecular flexibility index (Phi) is 6.46. The predicted molar refractivity (Wildman–Crippen MR) is 133 cm³/mol. The Morgan fingerprint density at radius 1 is 1.09 bits per heavy atom. The van der Waals surface area contributed by atoms with Crippen molar-refractivity contribution in [3.05, 3.63) is 65.7 Å². The number of sulfonamides is 1. The number of hydrogen-bond acceptors (Lipinski definition) is 6. The monoisotopic (exact) mass is 496 g/mol. The summed E-state index contributed by atoms with van der Waals surface area (Å²) in [6.07, 6.45) is 4.39. The quantitative estimate of drug-likeness (QED) is 0.328. The number of hydrogen-bond donors (Lipinski definition) is 1. The average molecular weight is 497 g/mol. The van der Waals surface area contributed by atoms with Gasteiger partial charge in [0.1, 0.15) is 11.6 Å². The molecule has 0 radical (unpaired) electrons. The van der Waals surface area contributed by atoms with Gasteiger partial charge in [-0.1, -0.05) is 55.4 Å². The summed E-state index contributed by atoms with van der Waals surface area (Å²) < 4.78 is 28.1. The molecule has 34 heavy (non-hydrogen) atoms. The minimum Gasteiger partial charge on any atom is -0.327 e. The van der Waals surface area contributed by atoms with Crippen molar-refractivity contribution in [3.8, 4) is 0 Å². The Labute approximate surface area is 203 Å². The van der Waals surface area contributed by atoms with Crippen LogP contribution in [0.15, 0.2) is 58.6 Å². The standard InChI is InChI=1S/C24H28N6O2S2/c1-2-3-13-29-21-12-11-19(34(25,31)32)14-20(21)26-22(29)16-33-24-28-27-23(18-9-10-18)30(24)15-17-7-5-4-6-8-17/h4-8,11-12,14,18H,2-3,9-10,13,15-16H2,1H3,(H2,25,31,32). The number of nitrogens with zero attached hydrogens (tertiary/aromatic N) is 5. The highest BCUT2D eigenvalue weighted by atomic mass is 32.2. The second-order valence-electron chi connectivity index (χ2n) is 8.70. The molecule has 4 aromatic rings. The van der Waals surface area contributed by atoms with E-state index in [1.54, 1.807) is 30.0 Å². The number of benzene rings is 2. The summed E-state index contributed by atoms with van der Waals surface area (Å²) in [5.74, 6) is 3.06. The Balaban J connectivity index is 1.45. The van der Waals surface area contributed by atoms with Gasteiger partial charge in [0.25, 0.3) is 0 Å². The normalized spacial score (nSPS) is 14.2. The van der Waals surface area contributed by atoms with Crippen LogP contribution in [0.2, 0.25) is 0 Å². The van der Waals surface area contributed by atoms with E-state index in [1.807, 2.05) is 6.07 Å². The van der Waals surface area contributed by atoms with Gasteiger partial charge in [-0.25, -0.2) is 18.5 Å². The lowest BCUT2D eigenvalue weighted by molar-refractivity contribution is 0.598. The molecule has 0 amide bonds. The first kappa shape index (κ1) is 23.1. The fourth-order valence-electron chi connectivity index (χ4n) is 4.11. The van der Waals surface area contributed by atoms with E-state index in [4.69, 9.17) is 10.1 Å². The molecular weight excluding hydrogens is 468 g/mol. The average Bonchev–Trinajstić information content (AvgIpc) is 3.50. The minimum atomic E-state index is -3.78. The Morgan fingerprint density at radius 2 is 1.88 bits per heavy atom. The van der Waals surface area contributed by atoms with E-state index in [2.05, 4.69) is 50.5 Å². The fourth-order valence-corrected chi connectivity index (χ4v) is 5.53. The summed E-state index contributed by atoms with van der Waals surface area (Å²) in [6, 6.07) is 15.3. The van der Waals surface area contributed by atoms with Crippen LogP contribution in [-0.4, -0.2) is 32.7 Å².